The zero-order chi connectivity index (χ0) is 18.0. The highest BCUT2D eigenvalue weighted by Crippen LogP contribution is 2.48. The predicted octanol–water partition coefficient (Wildman–Crippen LogP) is 3.63. The van der Waals surface area contributed by atoms with Crippen molar-refractivity contribution in [2.24, 2.45) is 10.4 Å². The van der Waals surface area contributed by atoms with Gasteiger partial charge in [0.15, 0.2) is 5.96 Å². The molecule has 5 nitrogen and oxygen atoms in total. The van der Waals surface area contributed by atoms with E-state index in [1.165, 1.54) is 51.6 Å². The third-order valence-electron chi connectivity index (χ3n) is 5.71. The average molecular weight is 480 g/mol. The summed E-state index contributed by atoms with van der Waals surface area (Å²) < 4.78 is 5.53. The van der Waals surface area contributed by atoms with E-state index in [-0.39, 0.29) is 24.0 Å². The molecule has 1 unspecified atom stereocenters. The Kier molecular flexibility index (Phi) is 12.1. The number of ether oxygens (including phenoxy) is 1. The first-order valence-electron chi connectivity index (χ1n) is 10.5. The lowest BCUT2D eigenvalue weighted by Crippen LogP contribution is -2.41. The SMILES string of the molecule is CCNC(=NCC1(CCOCC)CC1)NCCCN1CCCCC1C.I. The van der Waals surface area contributed by atoms with E-state index in [2.05, 4.69) is 36.3 Å². The number of guanidine groups is 1. The molecule has 0 aromatic rings. The van der Waals surface area contributed by atoms with Crippen molar-refractivity contribution in [2.75, 3.05) is 45.9 Å². The van der Waals surface area contributed by atoms with E-state index in [9.17, 15) is 0 Å². The predicted molar refractivity (Wildman–Crippen MR) is 122 cm³/mol. The summed E-state index contributed by atoms with van der Waals surface area (Å²) in [4.78, 5) is 7.49. The molecule has 2 N–H and O–H groups in total. The number of nitrogens with zero attached hydrogens (tertiary/aromatic N) is 2. The Morgan fingerprint density at radius 2 is 2.04 bits per heavy atom. The molecule has 154 valence electrons. The highest BCUT2D eigenvalue weighted by atomic mass is 127. The molecule has 0 amide bonds. The molecular weight excluding hydrogens is 439 g/mol. The fraction of sp³-hybridized carbons (Fsp3) is 0.950. The van der Waals surface area contributed by atoms with Gasteiger partial charge in [-0.2, -0.15) is 0 Å². The van der Waals surface area contributed by atoms with Crippen molar-refractivity contribution in [3.05, 3.63) is 0 Å². The van der Waals surface area contributed by atoms with Crippen LogP contribution in [0, 0.1) is 5.41 Å². The zero-order valence-corrected chi connectivity index (χ0v) is 19.5. The van der Waals surface area contributed by atoms with Crippen LogP contribution < -0.4 is 10.6 Å². The lowest BCUT2D eigenvalue weighted by molar-refractivity contribution is 0.129. The van der Waals surface area contributed by atoms with E-state index >= 15 is 0 Å². The van der Waals surface area contributed by atoms with E-state index in [1.54, 1.807) is 0 Å². The number of rotatable bonds is 11. The van der Waals surface area contributed by atoms with Crippen LogP contribution in [0.3, 0.4) is 0 Å². The molecular formula is C20H41IN4O. The van der Waals surface area contributed by atoms with Crippen molar-refractivity contribution in [1.82, 2.24) is 15.5 Å². The first kappa shape index (κ1) is 24.0. The molecule has 1 atom stereocenters. The molecule has 2 aliphatic rings. The molecule has 26 heavy (non-hydrogen) atoms. The first-order valence-corrected chi connectivity index (χ1v) is 10.5. The molecule has 0 aromatic carbocycles. The maximum absolute atomic E-state index is 5.53. The topological polar surface area (TPSA) is 48.9 Å². The van der Waals surface area contributed by atoms with Crippen LogP contribution >= 0.6 is 24.0 Å². The van der Waals surface area contributed by atoms with Crippen LogP contribution in [-0.4, -0.2) is 62.8 Å². The Morgan fingerprint density at radius 3 is 2.69 bits per heavy atom. The van der Waals surface area contributed by atoms with Gasteiger partial charge in [0.2, 0.25) is 0 Å². The first-order chi connectivity index (χ1) is 12.2. The molecule has 2 fully saturated rings. The minimum Gasteiger partial charge on any atom is -0.382 e. The normalized spacial score (nSPS) is 22.6. The molecule has 1 saturated heterocycles. The van der Waals surface area contributed by atoms with Crippen molar-refractivity contribution < 1.29 is 4.74 Å². The van der Waals surface area contributed by atoms with Gasteiger partial charge in [-0.05, 0) is 71.3 Å². The molecule has 1 saturated carbocycles. The van der Waals surface area contributed by atoms with E-state index in [1.807, 2.05) is 0 Å². The van der Waals surface area contributed by atoms with Gasteiger partial charge in [-0.25, -0.2) is 0 Å². The summed E-state index contributed by atoms with van der Waals surface area (Å²) in [6.45, 7) is 13.6. The van der Waals surface area contributed by atoms with Gasteiger partial charge in [0, 0.05) is 45.4 Å². The number of hydrogen-bond acceptors (Lipinski definition) is 3. The number of hydrogen-bond donors (Lipinski definition) is 2. The van der Waals surface area contributed by atoms with E-state index in [0.717, 1.165) is 51.3 Å². The Morgan fingerprint density at radius 1 is 1.23 bits per heavy atom. The van der Waals surface area contributed by atoms with Gasteiger partial charge in [0.25, 0.3) is 0 Å². The van der Waals surface area contributed by atoms with Crippen molar-refractivity contribution in [2.45, 2.75) is 71.8 Å². The summed E-state index contributed by atoms with van der Waals surface area (Å²) in [7, 11) is 0. The molecule has 0 aromatic heterocycles. The Labute approximate surface area is 178 Å². The van der Waals surface area contributed by atoms with Crippen molar-refractivity contribution in [1.29, 1.82) is 0 Å². The number of likely N-dealkylation sites (tertiary alicyclic amines) is 1. The highest BCUT2D eigenvalue weighted by molar-refractivity contribution is 14.0. The minimum absolute atomic E-state index is 0. The van der Waals surface area contributed by atoms with Crippen LogP contribution in [0.2, 0.25) is 0 Å². The molecule has 1 aliphatic heterocycles. The monoisotopic (exact) mass is 480 g/mol. The fourth-order valence-corrected chi connectivity index (χ4v) is 3.66. The van der Waals surface area contributed by atoms with Crippen LogP contribution in [0.15, 0.2) is 4.99 Å². The molecule has 2 rings (SSSR count). The smallest absolute Gasteiger partial charge is 0.191 e. The molecule has 1 heterocycles. The van der Waals surface area contributed by atoms with Gasteiger partial charge in [-0.15, -0.1) is 24.0 Å². The van der Waals surface area contributed by atoms with Crippen LogP contribution in [0.1, 0.15) is 65.7 Å². The van der Waals surface area contributed by atoms with Crippen LogP contribution in [-0.2, 0) is 4.74 Å². The summed E-state index contributed by atoms with van der Waals surface area (Å²) in [5, 5.41) is 6.92. The van der Waals surface area contributed by atoms with Crippen LogP contribution in [0.25, 0.3) is 0 Å². The minimum atomic E-state index is 0. The number of nitrogens with one attached hydrogen (secondary N) is 2. The number of piperidine rings is 1. The van der Waals surface area contributed by atoms with Crippen molar-refractivity contribution in [3.63, 3.8) is 0 Å². The van der Waals surface area contributed by atoms with Gasteiger partial charge in [-0.3, -0.25) is 4.99 Å². The number of aliphatic imine (C=N–C) groups is 1. The summed E-state index contributed by atoms with van der Waals surface area (Å²) in [5.74, 6) is 0.983. The van der Waals surface area contributed by atoms with Gasteiger partial charge >= 0.3 is 0 Å². The van der Waals surface area contributed by atoms with Crippen LogP contribution in [0.5, 0.6) is 0 Å². The largest absolute Gasteiger partial charge is 0.382 e. The van der Waals surface area contributed by atoms with Gasteiger partial charge in [0.1, 0.15) is 0 Å². The van der Waals surface area contributed by atoms with Crippen molar-refractivity contribution in [3.8, 4) is 0 Å². The zero-order valence-electron chi connectivity index (χ0n) is 17.2. The molecule has 6 heteroatoms. The molecule has 1 aliphatic carbocycles. The second kappa shape index (κ2) is 13.2. The second-order valence-corrected chi connectivity index (χ2v) is 7.80. The van der Waals surface area contributed by atoms with Crippen molar-refractivity contribution >= 4 is 29.9 Å². The second-order valence-electron chi connectivity index (χ2n) is 7.80. The molecule has 0 radical (unpaired) electrons. The summed E-state index contributed by atoms with van der Waals surface area (Å²) in [6, 6.07) is 0.760. The Balaban J connectivity index is 0.00000338. The fourth-order valence-electron chi connectivity index (χ4n) is 3.66. The molecule has 0 bridgehead atoms. The standard InChI is InChI=1S/C20H40N4O.HI/c1-4-21-19(23-17-20(10-11-20)12-16-25-5-2)22-13-8-15-24-14-7-6-9-18(24)3;/h18H,4-17H2,1-3H3,(H2,21,22,23);1H. The van der Waals surface area contributed by atoms with Gasteiger partial charge < -0.3 is 20.3 Å². The highest BCUT2D eigenvalue weighted by Gasteiger charge is 2.41. The maximum atomic E-state index is 5.53. The van der Waals surface area contributed by atoms with E-state index in [0.29, 0.717) is 5.41 Å². The van der Waals surface area contributed by atoms with E-state index in [4.69, 9.17) is 9.73 Å². The van der Waals surface area contributed by atoms with Gasteiger partial charge in [0.05, 0.1) is 0 Å². The lowest BCUT2D eigenvalue weighted by atomic mass is 10.0. The summed E-state index contributed by atoms with van der Waals surface area (Å²) in [5.41, 5.74) is 0.417. The average Bonchev–Trinajstić information content (AvgIpc) is 3.38. The number of halogens is 1. The van der Waals surface area contributed by atoms with Gasteiger partial charge in [-0.1, -0.05) is 6.42 Å². The Bertz CT molecular complexity index is 401. The maximum Gasteiger partial charge on any atom is 0.191 e. The lowest BCUT2D eigenvalue weighted by Gasteiger charge is -2.33. The van der Waals surface area contributed by atoms with E-state index < -0.39 is 0 Å². The third-order valence-corrected chi connectivity index (χ3v) is 5.71. The third kappa shape index (κ3) is 8.74. The Hall–Kier alpha value is -0.0800. The quantitative estimate of drug-likeness (QED) is 0.205. The van der Waals surface area contributed by atoms with Crippen LogP contribution in [0.4, 0.5) is 0 Å². The summed E-state index contributed by atoms with van der Waals surface area (Å²) in [6.07, 6.45) is 9.07. The summed E-state index contributed by atoms with van der Waals surface area (Å²) >= 11 is 0. The molecule has 0 spiro atoms.